The molecule has 6 aromatic rings. The molecule has 2 aromatic carbocycles. The summed E-state index contributed by atoms with van der Waals surface area (Å²) in [6.07, 6.45) is 7.64. The molecule has 1 aliphatic heterocycles. The van der Waals surface area contributed by atoms with Crippen molar-refractivity contribution in [3.05, 3.63) is 123 Å². The molecule has 2 fully saturated rings. The van der Waals surface area contributed by atoms with Crippen LogP contribution in [0.1, 0.15) is 43.1 Å². The first-order valence-electron chi connectivity index (χ1n) is 17.1. The summed E-state index contributed by atoms with van der Waals surface area (Å²) in [5.74, 6) is 0.457. The van der Waals surface area contributed by atoms with Gasteiger partial charge in [-0.2, -0.15) is 0 Å². The van der Waals surface area contributed by atoms with E-state index in [1.54, 1.807) is 18.2 Å². The molecule has 0 bridgehead atoms. The van der Waals surface area contributed by atoms with Gasteiger partial charge in [-0.15, -0.1) is 0 Å². The number of benzene rings is 2. The van der Waals surface area contributed by atoms with Crippen molar-refractivity contribution in [2.45, 2.75) is 50.9 Å². The molecular formula is C38H38FN7O4. The van der Waals surface area contributed by atoms with E-state index < -0.39 is 17.1 Å². The van der Waals surface area contributed by atoms with E-state index in [0.717, 1.165) is 60.2 Å². The third-order valence-corrected chi connectivity index (χ3v) is 10.0. The summed E-state index contributed by atoms with van der Waals surface area (Å²) in [6.45, 7) is 4.13. The molecule has 0 amide bonds. The Labute approximate surface area is 287 Å². The number of phenols is 1. The van der Waals surface area contributed by atoms with Crippen LogP contribution in [0.5, 0.6) is 5.75 Å². The minimum Gasteiger partial charge on any atom is -0.508 e. The number of imidazole rings is 1. The van der Waals surface area contributed by atoms with E-state index in [2.05, 4.69) is 24.6 Å². The standard InChI is InChI=1S/C38H38FN7O4/c39-27-20-34-36(42-21-27)45(30-6-3-4-25(18-30)33-12-11-32(47)19-26(33)24-43-14-16-50-17-15-43)38(49)46(37(34)48)29-9-7-28(8-10-29)40-23-35-41-22-31-5-1-2-13-44(31)35/h1-6,11-13,18-22,28-29,40,47H,7-10,14-17,23-24H2/t28-,29+. The molecule has 2 aliphatic rings. The minimum absolute atomic E-state index is 0.0547. The molecule has 0 unspecified atom stereocenters. The maximum absolute atomic E-state index is 14.6. The fourth-order valence-corrected chi connectivity index (χ4v) is 7.45. The van der Waals surface area contributed by atoms with E-state index in [-0.39, 0.29) is 28.9 Å². The number of halogens is 1. The van der Waals surface area contributed by atoms with Crippen molar-refractivity contribution in [2.75, 3.05) is 26.3 Å². The van der Waals surface area contributed by atoms with Gasteiger partial charge in [-0.05, 0) is 84.8 Å². The molecule has 0 atom stereocenters. The Morgan fingerprint density at radius 1 is 0.920 bits per heavy atom. The molecule has 0 spiro atoms. The molecule has 1 saturated carbocycles. The van der Waals surface area contributed by atoms with Crippen LogP contribution in [0.3, 0.4) is 0 Å². The van der Waals surface area contributed by atoms with Gasteiger partial charge >= 0.3 is 5.69 Å². The molecule has 1 aliphatic carbocycles. The number of phenolic OH excluding ortho intramolecular Hbond substituents is 1. The SMILES string of the molecule is O=c1c2cc(F)cnc2n(-c2cccc(-c3ccc(O)cc3CN3CCOCC3)c2)c(=O)n1[C@H]1CC[C@@H](NCc2ncc3ccccn23)CC1. The quantitative estimate of drug-likeness (QED) is 0.236. The summed E-state index contributed by atoms with van der Waals surface area (Å²) in [5, 5.41) is 14.0. The van der Waals surface area contributed by atoms with Crippen molar-refractivity contribution in [3.63, 3.8) is 0 Å². The van der Waals surface area contributed by atoms with E-state index in [1.165, 1.54) is 15.2 Å². The van der Waals surface area contributed by atoms with Gasteiger partial charge in [0.1, 0.15) is 17.4 Å². The normalized spacial score (nSPS) is 18.6. The van der Waals surface area contributed by atoms with Crippen LogP contribution in [0.2, 0.25) is 0 Å². The smallest absolute Gasteiger partial charge is 0.337 e. The maximum Gasteiger partial charge on any atom is 0.337 e. The van der Waals surface area contributed by atoms with Crippen LogP contribution in [0.25, 0.3) is 33.4 Å². The predicted molar refractivity (Wildman–Crippen MR) is 188 cm³/mol. The van der Waals surface area contributed by atoms with Crippen molar-refractivity contribution in [1.29, 1.82) is 0 Å². The Kier molecular flexibility index (Phi) is 8.73. The van der Waals surface area contributed by atoms with E-state index in [4.69, 9.17) is 4.74 Å². The average molecular weight is 676 g/mol. The Hall–Kier alpha value is -5.17. The number of ether oxygens (including phenoxy) is 1. The first-order chi connectivity index (χ1) is 24.4. The molecule has 2 N–H and O–H groups in total. The van der Waals surface area contributed by atoms with Crippen molar-refractivity contribution in [1.82, 2.24) is 33.7 Å². The Bertz CT molecular complexity index is 2300. The van der Waals surface area contributed by atoms with Crippen LogP contribution in [0, 0.1) is 5.82 Å². The van der Waals surface area contributed by atoms with Crippen LogP contribution in [0.4, 0.5) is 4.39 Å². The lowest BCUT2D eigenvalue weighted by Crippen LogP contribution is -2.44. The number of fused-ring (bicyclic) bond motifs is 2. The largest absolute Gasteiger partial charge is 0.508 e. The lowest BCUT2D eigenvalue weighted by Gasteiger charge is -2.30. The fourth-order valence-electron chi connectivity index (χ4n) is 7.45. The molecule has 4 aromatic heterocycles. The van der Waals surface area contributed by atoms with Gasteiger partial charge in [0, 0.05) is 37.9 Å². The van der Waals surface area contributed by atoms with E-state index in [0.29, 0.717) is 44.8 Å². The van der Waals surface area contributed by atoms with Gasteiger partial charge in [-0.1, -0.05) is 24.3 Å². The predicted octanol–water partition coefficient (Wildman–Crippen LogP) is 4.81. The lowest BCUT2D eigenvalue weighted by molar-refractivity contribution is 0.0342. The molecule has 1 saturated heterocycles. The third-order valence-electron chi connectivity index (χ3n) is 10.0. The molecule has 12 heteroatoms. The van der Waals surface area contributed by atoms with Crippen molar-refractivity contribution in [3.8, 4) is 22.6 Å². The van der Waals surface area contributed by atoms with E-state index >= 15 is 0 Å². The summed E-state index contributed by atoms with van der Waals surface area (Å²) in [5.41, 5.74) is 3.31. The number of morpholine rings is 1. The summed E-state index contributed by atoms with van der Waals surface area (Å²) >= 11 is 0. The molecule has 0 radical (unpaired) electrons. The van der Waals surface area contributed by atoms with Crippen LogP contribution in [-0.4, -0.2) is 65.9 Å². The van der Waals surface area contributed by atoms with Crippen LogP contribution in [0.15, 0.2) is 94.9 Å². The Morgan fingerprint density at radius 2 is 1.76 bits per heavy atom. The first kappa shape index (κ1) is 32.1. The first-order valence-corrected chi connectivity index (χ1v) is 17.1. The molecule has 256 valence electrons. The van der Waals surface area contributed by atoms with Gasteiger partial charge in [-0.3, -0.25) is 14.3 Å². The van der Waals surface area contributed by atoms with E-state index in [1.807, 2.05) is 54.9 Å². The number of aromatic nitrogens is 5. The van der Waals surface area contributed by atoms with Crippen molar-refractivity contribution < 1.29 is 14.2 Å². The van der Waals surface area contributed by atoms with Crippen LogP contribution in [-0.2, 0) is 17.8 Å². The van der Waals surface area contributed by atoms with Gasteiger partial charge in [0.05, 0.1) is 48.7 Å². The van der Waals surface area contributed by atoms with Gasteiger partial charge in [0.25, 0.3) is 5.56 Å². The van der Waals surface area contributed by atoms with Gasteiger partial charge in [0.2, 0.25) is 0 Å². The van der Waals surface area contributed by atoms with E-state index in [9.17, 15) is 19.1 Å². The number of rotatable bonds is 8. The zero-order valence-electron chi connectivity index (χ0n) is 27.5. The highest BCUT2D eigenvalue weighted by Crippen LogP contribution is 2.31. The zero-order chi connectivity index (χ0) is 34.2. The highest BCUT2D eigenvalue weighted by molar-refractivity contribution is 5.77. The number of nitrogens with one attached hydrogen (secondary N) is 1. The second-order valence-corrected chi connectivity index (χ2v) is 13.2. The molecule has 5 heterocycles. The Balaban J connectivity index is 1.11. The van der Waals surface area contributed by atoms with Crippen molar-refractivity contribution in [2.24, 2.45) is 0 Å². The second kappa shape index (κ2) is 13.6. The number of pyridine rings is 2. The molecule has 11 nitrogen and oxygen atoms in total. The summed E-state index contributed by atoms with van der Waals surface area (Å²) < 4.78 is 24.9. The van der Waals surface area contributed by atoms with Crippen LogP contribution >= 0.6 is 0 Å². The molecule has 50 heavy (non-hydrogen) atoms. The Morgan fingerprint density at radius 3 is 2.60 bits per heavy atom. The molecular weight excluding hydrogens is 637 g/mol. The summed E-state index contributed by atoms with van der Waals surface area (Å²) in [4.78, 5) is 39.4. The molecule has 8 rings (SSSR count). The minimum atomic E-state index is -0.642. The lowest BCUT2D eigenvalue weighted by atomic mass is 9.91. The number of hydrogen-bond donors (Lipinski definition) is 2. The van der Waals surface area contributed by atoms with Gasteiger partial charge in [0.15, 0.2) is 5.65 Å². The average Bonchev–Trinajstić information content (AvgIpc) is 3.55. The van der Waals surface area contributed by atoms with Gasteiger partial charge < -0.3 is 19.6 Å². The topological polar surface area (TPSA) is 119 Å². The summed E-state index contributed by atoms with van der Waals surface area (Å²) in [7, 11) is 0. The van der Waals surface area contributed by atoms with Crippen molar-refractivity contribution >= 4 is 16.6 Å². The maximum atomic E-state index is 14.6. The second-order valence-electron chi connectivity index (χ2n) is 13.2. The highest BCUT2D eigenvalue weighted by atomic mass is 19.1. The number of nitrogens with zero attached hydrogens (tertiary/aromatic N) is 6. The monoisotopic (exact) mass is 675 g/mol. The summed E-state index contributed by atoms with van der Waals surface area (Å²) in [6, 6.07) is 19.8. The number of aromatic hydroxyl groups is 1. The number of hydrogen-bond acceptors (Lipinski definition) is 8. The fraction of sp³-hybridized carbons (Fsp3) is 0.316. The zero-order valence-corrected chi connectivity index (χ0v) is 27.5. The third kappa shape index (κ3) is 6.21. The highest BCUT2D eigenvalue weighted by Gasteiger charge is 2.27. The van der Waals surface area contributed by atoms with Crippen LogP contribution < -0.4 is 16.6 Å². The van der Waals surface area contributed by atoms with Gasteiger partial charge in [-0.25, -0.2) is 23.7 Å².